The predicted octanol–water partition coefficient (Wildman–Crippen LogP) is 6.20. The summed E-state index contributed by atoms with van der Waals surface area (Å²) >= 11 is 0. The SMILES string of the molecule is CC(C)[C]1[CH][C]2[C]([CH]1)[Si](C)(C)[C]1[C](C(C)C)[CH][C](C(C)C)[C]1[Si]2(C)C. The van der Waals surface area contributed by atoms with Gasteiger partial charge in [0.05, 0.1) is 16.1 Å². The maximum absolute atomic E-state index is 2.61. The van der Waals surface area contributed by atoms with Crippen molar-refractivity contribution in [2.75, 3.05) is 0 Å². The fraction of sp³-hybridized carbons (Fsp3) is 0.565. The molecule has 1 heterocycles. The lowest BCUT2D eigenvalue weighted by atomic mass is 9.89. The second-order valence-electron chi connectivity index (χ2n) is 10.1. The summed E-state index contributed by atoms with van der Waals surface area (Å²) in [5, 5.41) is 0. The zero-order valence-electron chi connectivity index (χ0n) is 18.0. The highest BCUT2D eigenvalue weighted by atomic mass is 28.3. The molecule has 3 rings (SSSR count). The molecule has 0 amide bonds. The van der Waals surface area contributed by atoms with Crippen molar-refractivity contribution in [2.45, 2.75) is 67.7 Å². The highest BCUT2D eigenvalue weighted by Crippen LogP contribution is 2.69. The normalized spacial score (nSPS) is 30.1. The standard InChI is InChI=1S/C23H36Si2/c1-14(2)17-11-20-21(12-17)25(9,10)23-19(16(5)6)13-18(15(3)4)22(23)24(20,7)8/h11-16H,1-10H3. The summed E-state index contributed by atoms with van der Waals surface area (Å²) in [6, 6.07) is 0. The fourth-order valence-electron chi connectivity index (χ4n) is 5.03. The van der Waals surface area contributed by atoms with Crippen LogP contribution in [0, 0.1) is 76.9 Å². The van der Waals surface area contributed by atoms with Crippen LogP contribution in [0.15, 0.2) is 0 Å². The van der Waals surface area contributed by atoms with Crippen molar-refractivity contribution in [3.8, 4) is 0 Å². The third kappa shape index (κ3) is 2.96. The van der Waals surface area contributed by atoms with Crippen LogP contribution >= 0.6 is 0 Å². The van der Waals surface area contributed by atoms with Crippen molar-refractivity contribution >= 4 is 16.1 Å². The maximum atomic E-state index is 2.61. The van der Waals surface area contributed by atoms with E-state index in [-0.39, 0.29) is 0 Å². The first-order chi connectivity index (χ1) is 11.4. The van der Waals surface area contributed by atoms with Gasteiger partial charge in [0, 0.05) is 0 Å². The molecule has 0 bridgehead atoms. The van der Waals surface area contributed by atoms with E-state index >= 15 is 0 Å². The second kappa shape index (κ2) is 6.50. The van der Waals surface area contributed by atoms with E-state index in [9.17, 15) is 0 Å². The summed E-state index contributed by atoms with van der Waals surface area (Å²) in [4.78, 5) is 0. The van der Waals surface area contributed by atoms with Crippen molar-refractivity contribution in [2.24, 2.45) is 17.8 Å². The molecule has 25 heavy (non-hydrogen) atoms. The van der Waals surface area contributed by atoms with Gasteiger partial charge in [-0.2, -0.15) is 0 Å². The molecule has 0 aromatic carbocycles. The minimum atomic E-state index is -1.64. The summed E-state index contributed by atoms with van der Waals surface area (Å²) < 4.78 is 0. The van der Waals surface area contributed by atoms with Crippen molar-refractivity contribution in [1.82, 2.24) is 0 Å². The Balaban J connectivity index is 2.06. The summed E-state index contributed by atoms with van der Waals surface area (Å²) in [6.07, 6.45) is 7.78. The van der Waals surface area contributed by atoms with Crippen LogP contribution < -0.4 is 0 Å². The zero-order valence-corrected chi connectivity index (χ0v) is 20.0. The molecule has 1 saturated heterocycles. The van der Waals surface area contributed by atoms with E-state index in [4.69, 9.17) is 0 Å². The average molecular weight is 369 g/mol. The third-order valence-electron chi connectivity index (χ3n) is 6.56. The van der Waals surface area contributed by atoms with E-state index in [1.165, 1.54) is 0 Å². The highest BCUT2D eigenvalue weighted by Gasteiger charge is 2.69. The van der Waals surface area contributed by atoms with Gasteiger partial charge in [0.25, 0.3) is 0 Å². The molecule has 3 fully saturated rings. The van der Waals surface area contributed by atoms with Gasteiger partial charge in [-0.1, -0.05) is 67.7 Å². The molecule has 0 N–H and O–H groups in total. The first kappa shape index (κ1) is 20.2. The summed E-state index contributed by atoms with van der Waals surface area (Å²) in [5.41, 5.74) is 7.14. The van der Waals surface area contributed by atoms with E-state index in [2.05, 4.69) is 87.0 Å². The number of fused-ring (bicyclic) bond motifs is 2. The quantitative estimate of drug-likeness (QED) is 0.520. The van der Waals surface area contributed by atoms with Gasteiger partial charge in [-0.05, 0) is 76.9 Å². The van der Waals surface area contributed by atoms with E-state index < -0.39 is 16.1 Å². The molecule has 0 nitrogen and oxygen atoms in total. The van der Waals surface area contributed by atoms with Crippen LogP contribution in [-0.4, -0.2) is 16.1 Å². The largest absolute Gasteiger partial charge is 0.0685 e. The number of hydrogen-bond acceptors (Lipinski definition) is 0. The summed E-state index contributed by atoms with van der Waals surface area (Å²) in [6.45, 7) is 24.7. The molecule has 2 aliphatic carbocycles. The van der Waals surface area contributed by atoms with Gasteiger partial charge in [-0.15, -0.1) is 0 Å². The van der Waals surface area contributed by atoms with E-state index in [0.717, 1.165) is 0 Å². The first-order valence-corrected chi connectivity index (χ1v) is 16.1. The first-order valence-electron chi connectivity index (χ1n) is 10.1. The minimum absolute atomic E-state index is 0.624. The Bertz CT molecular complexity index is 450. The van der Waals surface area contributed by atoms with Crippen LogP contribution in [0.3, 0.4) is 0 Å². The Morgan fingerprint density at radius 2 is 0.920 bits per heavy atom. The minimum Gasteiger partial charge on any atom is -0.0685 e. The lowest BCUT2D eigenvalue weighted by Gasteiger charge is -2.57. The molecule has 1 aliphatic heterocycles. The van der Waals surface area contributed by atoms with Crippen LogP contribution in [0.25, 0.3) is 0 Å². The van der Waals surface area contributed by atoms with Crippen LogP contribution in [-0.2, 0) is 0 Å². The van der Waals surface area contributed by atoms with Crippen LogP contribution in [0.1, 0.15) is 41.5 Å². The van der Waals surface area contributed by atoms with Gasteiger partial charge in [0.2, 0.25) is 0 Å². The molecule has 2 heteroatoms. The summed E-state index contributed by atoms with van der Waals surface area (Å²) in [7, 11) is -3.29. The molecule has 2 saturated carbocycles. The smallest absolute Gasteiger partial charge is 0.0622 e. The van der Waals surface area contributed by atoms with Gasteiger partial charge >= 0.3 is 0 Å². The molecule has 3 aliphatic rings. The number of rotatable bonds is 3. The molecule has 0 atom stereocenters. The molecule has 136 valence electrons. The Hall–Kier alpha value is 0.434. The highest BCUT2D eigenvalue weighted by molar-refractivity contribution is 7.03. The maximum Gasteiger partial charge on any atom is 0.0622 e. The van der Waals surface area contributed by atoms with Gasteiger partial charge in [0.1, 0.15) is 0 Å². The third-order valence-corrected chi connectivity index (χ3v) is 14.2. The number of hydrogen-bond donors (Lipinski definition) is 0. The molecule has 0 aromatic heterocycles. The summed E-state index contributed by atoms with van der Waals surface area (Å²) in [5.74, 6) is 6.76. The zero-order chi connectivity index (χ0) is 18.9. The molecular weight excluding hydrogens is 332 g/mol. The van der Waals surface area contributed by atoms with Crippen LogP contribution in [0.2, 0.25) is 26.2 Å². The predicted molar refractivity (Wildman–Crippen MR) is 115 cm³/mol. The Morgan fingerprint density at radius 1 is 0.560 bits per heavy atom. The van der Waals surface area contributed by atoms with Crippen molar-refractivity contribution in [1.29, 1.82) is 0 Å². The van der Waals surface area contributed by atoms with Crippen LogP contribution in [0.5, 0.6) is 0 Å². The van der Waals surface area contributed by atoms with E-state index in [1.54, 1.807) is 28.8 Å². The molecule has 0 spiro atoms. The second-order valence-corrected chi connectivity index (χ2v) is 18.7. The Labute approximate surface area is 161 Å². The lowest BCUT2D eigenvalue weighted by molar-refractivity contribution is 0.672. The van der Waals surface area contributed by atoms with E-state index in [0.29, 0.717) is 17.8 Å². The lowest BCUT2D eigenvalue weighted by Crippen LogP contribution is -2.63. The Kier molecular flexibility index (Phi) is 5.25. The van der Waals surface area contributed by atoms with Gasteiger partial charge in [0.15, 0.2) is 0 Å². The van der Waals surface area contributed by atoms with Crippen molar-refractivity contribution in [3.63, 3.8) is 0 Å². The monoisotopic (exact) mass is 368 g/mol. The molecule has 10 radical (unpaired) electrons. The van der Waals surface area contributed by atoms with Gasteiger partial charge in [-0.25, -0.2) is 0 Å². The molecule has 0 aromatic rings. The van der Waals surface area contributed by atoms with E-state index in [1.807, 2.05) is 11.1 Å². The van der Waals surface area contributed by atoms with Crippen molar-refractivity contribution in [3.05, 3.63) is 59.2 Å². The molecular formula is C23H36Si2. The van der Waals surface area contributed by atoms with Gasteiger partial charge in [-0.3, -0.25) is 0 Å². The Morgan fingerprint density at radius 3 is 1.20 bits per heavy atom. The van der Waals surface area contributed by atoms with Crippen LogP contribution in [0.4, 0.5) is 0 Å². The fourth-order valence-corrected chi connectivity index (χ4v) is 15.6. The average Bonchev–Trinajstić information content (AvgIpc) is 3.09. The van der Waals surface area contributed by atoms with Gasteiger partial charge < -0.3 is 0 Å². The topological polar surface area (TPSA) is 0 Å². The van der Waals surface area contributed by atoms with Crippen molar-refractivity contribution < 1.29 is 0 Å². The molecule has 0 unspecified atom stereocenters.